The second kappa shape index (κ2) is 7.92. The third-order valence-corrected chi connectivity index (χ3v) is 5.11. The fraction of sp³-hybridized carbons (Fsp3) is 0.0500. The SMILES string of the molecule is Oc1ccccc1NC1=Nc2ccccc2NC1NSc1ccc(Cl)cc1. The summed E-state index contributed by atoms with van der Waals surface area (Å²) in [5, 5.41) is 17.4. The molecule has 3 aromatic carbocycles. The number of fused-ring (bicyclic) bond motifs is 1. The minimum atomic E-state index is -0.278. The number of benzene rings is 3. The molecule has 4 N–H and O–H groups in total. The van der Waals surface area contributed by atoms with E-state index < -0.39 is 0 Å². The van der Waals surface area contributed by atoms with Crippen LogP contribution >= 0.6 is 23.5 Å². The van der Waals surface area contributed by atoms with Crippen LogP contribution in [0.4, 0.5) is 17.1 Å². The van der Waals surface area contributed by atoms with Gasteiger partial charge < -0.3 is 15.7 Å². The van der Waals surface area contributed by atoms with Gasteiger partial charge in [-0.05, 0) is 60.5 Å². The zero-order chi connectivity index (χ0) is 18.6. The van der Waals surface area contributed by atoms with E-state index in [1.807, 2.05) is 60.7 Å². The van der Waals surface area contributed by atoms with Crippen LogP contribution in [0, 0.1) is 0 Å². The first-order valence-electron chi connectivity index (χ1n) is 8.36. The average Bonchev–Trinajstić information content (AvgIpc) is 2.69. The molecule has 136 valence electrons. The topological polar surface area (TPSA) is 68.7 Å². The van der Waals surface area contributed by atoms with E-state index in [-0.39, 0.29) is 11.9 Å². The molecule has 0 fully saturated rings. The lowest BCUT2D eigenvalue weighted by molar-refractivity contribution is 0.478. The molecule has 1 heterocycles. The summed E-state index contributed by atoms with van der Waals surface area (Å²) < 4.78 is 3.38. The molecule has 0 amide bonds. The molecule has 5 nitrogen and oxygen atoms in total. The summed E-state index contributed by atoms with van der Waals surface area (Å²) in [6.45, 7) is 0. The number of halogens is 1. The van der Waals surface area contributed by atoms with E-state index in [4.69, 9.17) is 16.6 Å². The standard InChI is InChI=1S/C20H17ClN4OS/c21-13-9-11-14(12-10-13)27-25-20-19(24-17-7-3-4-8-18(17)26)22-15-5-1-2-6-16(15)23-20/h1-12,20,23,25-26H,(H,22,24). The van der Waals surface area contributed by atoms with Crippen molar-refractivity contribution in [2.75, 3.05) is 10.6 Å². The highest BCUT2D eigenvalue weighted by Crippen LogP contribution is 2.31. The van der Waals surface area contributed by atoms with Crippen LogP contribution < -0.4 is 15.4 Å². The Balaban J connectivity index is 1.58. The lowest BCUT2D eigenvalue weighted by Crippen LogP contribution is -2.44. The van der Waals surface area contributed by atoms with Gasteiger partial charge in [0, 0.05) is 9.92 Å². The predicted octanol–water partition coefficient (Wildman–Crippen LogP) is 5.24. The van der Waals surface area contributed by atoms with E-state index in [1.165, 1.54) is 11.9 Å². The molecule has 1 atom stereocenters. The number of hydrogen-bond donors (Lipinski definition) is 4. The molecule has 0 spiro atoms. The van der Waals surface area contributed by atoms with Crippen LogP contribution in [0.25, 0.3) is 0 Å². The van der Waals surface area contributed by atoms with E-state index >= 15 is 0 Å². The number of nitrogens with zero attached hydrogens (tertiary/aromatic N) is 1. The molecule has 0 saturated carbocycles. The lowest BCUT2D eigenvalue weighted by Gasteiger charge is -2.28. The number of amidine groups is 1. The number of aliphatic imine (C=N–C) groups is 1. The predicted molar refractivity (Wildman–Crippen MR) is 113 cm³/mol. The molecule has 1 unspecified atom stereocenters. The summed E-state index contributed by atoms with van der Waals surface area (Å²) in [5.41, 5.74) is 2.38. The number of hydrogen-bond acceptors (Lipinski definition) is 6. The number of phenols is 1. The maximum Gasteiger partial charge on any atom is 0.146 e. The van der Waals surface area contributed by atoms with Gasteiger partial charge in [-0.15, -0.1) is 0 Å². The van der Waals surface area contributed by atoms with Crippen LogP contribution in [-0.4, -0.2) is 17.1 Å². The monoisotopic (exact) mass is 396 g/mol. The first-order chi connectivity index (χ1) is 13.2. The summed E-state index contributed by atoms with van der Waals surface area (Å²) in [6, 6.07) is 22.5. The summed E-state index contributed by atoms with van der Waals surface area (Å²) in [6.07, 6.45) is -0.278. The van der Waals surface area contributed by atoms with Gasteiger partial charge in [0.1, 0.15) is 17.8 Å². The van der Waals surface area contributed by atoms with Crippen molar-refractivity contribution in [1.82, 2.24) is 4.72 Å². The zero-order valence-corrected chi connectivity index (χ0v) is 15.8. The molecule has 7 heteroatoms. The maximum atomic E-state index is 10.1. The second-order valence-electron chi connectivity index (χ2n) is 5.91. The smallest absolute Gasteiger partial charge is 0.146 e. The Morgan fingerprint density at radius 2 is 1.70 bits per heavy atom. The highest BCUT2D eigenvalue weighted by atomic mass is 35.5. The molecular weight excluding hydrogens is 380 g/mol. The first-order valence-corrected chi connectivity index (χ1v) is 9.55. The highest BCUT2D eigenvalue weighted by molar-refractivity contribution is 7.97. The quantitative estimate of drug-likeness (QED) is 0.359. The third-order valence-electron chi connectivity index (χ3n) is 3.99. The van der Waals surface area contributed by atoms with Gasteiger partial charge in [0.2, 0.25) is 0 Å². The number of anilines is 2. The van der Waals surface area contributed by atoms with Crippen LogP contribution in [0.15, 0.2) is 82.7 Å². The van der Waals surface area contributed by atoms with Crippen molar-refractivity contribution in [3.63, 3.8) is 0 Å². The van der Waals surface area contributed by atoms with Crippen molar-refractivity contribution in [2.24, 2.45) is 4.99 Å². The molecule has 0 aliphatic carbocycles. The second-order valence-corrected chi connectivity index (χ2v) is 7.26. The summed E-state index contributed by atoms with van der Waals surface area (Å²) >= 11 is 7.42. The summed E-state index contributed by atoms with van der Waals surface area (Å²) in [4.78, 5) is 5.75. The molecule has 0 saturated heterocycles. The van der Waals surface area contributed by atoms with E-state index in [0.29, 0.717) is 16.5 Å². The number of nitrogens with one attached hydrogen (secondary N) is 3. The number of aromatic hydroxyl groups is 1. The normalized spacial score (nSPS) is 15.4. The van der Waals surface area contributed by atoms with E-state index in [1.54, 1.807) is 12.1 Å². The minimum absolute atomic E-state index is 0.170. The van der Waals surface area contributed by atoms with Crippen LogP contribution in [0.2, 0.25) is 5.02 Å². The van der Waals surface area contributed by atoms with Crippen molar-refractivity contribution in [1.29, 1.82) is 0 Å². The van der Waals surface area contributed by atoms with E-state index in [2.05, 4.69) is 15.4 Å². The first kappa shape index (κ1) is 17.7. The number of para-hydroxylation sites is 4. The molecule has 1 aliphatic rings. The van der Waals surface area contributed by atoms with Gasteiger partial charge in [0.05, 0.1) is 17.1 Å². The van der Waals surface area contributed by atoms with Crippen LogP contribution in [0.5, 0.6) is 5.75 Å². The number of rotatable bonds is 4. The summed E-state index contributed by atoms with van der Waals surface area (Å²) in [7, 11) is 0. The van der Waals surface area contributed by atoms with Gasteiger partial charge in [-0.2, -0.15) is 0 Å². The Morgan fingerprint density at radius 1 is 0.963 bits per heavy atom. The molecule has 0 aromatic heterocycles. The largest absolute Gasteiger partial charge is 0.506 e. The summed E-state index contributed by atoms with van der Waals surface area (Å²) in [5.74, 6) is 0.833. The van der Waals surface area contributed by atoms with E-state index in [0.717, 1.165) is 16.3 Å². The van der Waals surface area contributed by atoms with Gasteiger partial charge in [0.25, 0.3) is 0 Å². The van der Waals surface area contributed by atoms with Crippen molar-refractivity contribution in [3.05, 3.63) is 77.8 Å². The Kier molecular flexibility index (Phi) is 5.20. The van der Waals surface area contributed by atoms with Gasteiger partial charge in [-0.25, -0.2) is 9.71 Å². The molecule has 4 rings (SSSR count). The maximum absolute atomic E-state index is 10.1. The Bertz CT molecular complexity index is 978. The molecule has 1 aliphatic heterocycles. The average molecular weight is 397 g/mol. The van der Waals surface area contributed by atoms with Crippen molar-refractivity contribution < 1.29 is 5.11 Å². The lowest BCUT2D eigenvalue weighted by atomic mass is 10.2. The molecule has 0 radical (unpaired) electrons. The third kappa shape index (κ3) is 4.19. The minimum Gasteiger partial charge on any atom is -0.506 e. The molecule has 27 heavy (non-hydrogen) atoms. The van der Waals surface area contributed by atoms with Crippen molar-refractivity contribution in [3.8, 4) is 5.75 Å². The highest BCUT2D eigenvalue weighted by Gasteiger charge is 2.23. The van der Waals surface area contributed by atoms with Crippen molar-refractivity contribution >= 4 is 46.4 Å². The Labute approximate surface area is 166 Å². The fourth-order valence-corrected chi connectivity index (χ4v) is 3.47. The van der Waals surface area contributed by atoms with Crippen LogP contribution in [-0.2, 0) is 0 Å². The molecular formula is C20H17ClN4OS. The number of phenolic OH excluding ortho intramolecular Hbond substituents is 1. The fourth-order valence-electron chi connectivity index (χ4n) is 2.64. The van der Waals surface area contributed by atoms with E-state index in [9.17, 15) is 5.11 Å². The van der Waals surface area contributed by atoms with Gasteiger partial charge in [-0.1, -0.05) is 35.9 Å². The zero-order valence-electron chi connectivity index (χ0n) is 14.2. The molecule has 0 bridgehead atoms. The van der Waals surface area contributed by atoms with Gasteiger partial charge >= 0.3 is 0 Å². The van der Waals surface area contributed by atoms with Crippen molar-refractivity contribution in [2.45, 2.75) is 11.1 Å². The Morgan fingerprint density at radius 3 is 2.52 bits per heavy atom. The Hall–Kier alpha value is -2.67. The molecule has 3 aromatic rings. The van der Waals surface area contributed by atoms with Crippen LogP contribution in [0.1, 0.15) is 0 Å². The van der Waals surface area contributed by atoms with Gasteiger partial charge in [-0.3, -0.25) is 0 Å². The van der Waals surface area contributed by atoms with Gasteiger partial charge in [0.15, 0.2) is 0 Å². The van der Waals surface area contributed by atoms with Crippen LogP contribution in [0.3, 0.4) is 0 Å².